The van der Waals surface area contributed by atoms with Crippen LogP contribution in [-0.2, 0) is 9.59 Å². The van der Waals surface area contributed by atoms with Gasteiger partial charge in [-0.05, 0) is 18.3 Å². The molecule has 0 spiro atoms. The minimum atomic E-state index is -0.565. The van der Waals surface area contributed by atoms with E-state index in [0.29, 0.717) is 11.6 Å². The van der Waals surface area contributed by atoms with Gasteiger partial charge in [0, 0.05) is 23.4 Å². The fourth-order valence-corrected chi connectivity index (χ4v) is 4.39. The summed E-state index contributed by atoms with van der Waals surface area (Å²) in [6.45, 7) is 6.14. The highest BCUT2D eigenvalue weighted by Crippen LogP contribution is 2.70. The average Bonchev–Trinajstić information content (AvgIpc) is 2.94. The number of Topliss-reactive ketones (excluding diaryl/α,β-unsaturated/α-hetero) is 1. The quantitative estimate of drug-likeness (QED) is 0.905. The van der Waals surface area contributed by atoms with Crippen LogP contribution in [0.25, 0.3) is 0 Å². The molecule has 0 radical (unpaired) electrons. The van der Waals surface area contributed by atoms with Crippen molar-refractivity contribution in [3.8, 4) is 0 Å². The lowest BCUT2D eigenvalue weighted by Crippen LogP contribution is -2.43. The fraction of sp³-hybridized carbons (Fsp3) is 0.643. The molecule has 2 aliphatic carbocycles. The topological polar surface area (TPSA) is 59.1 Å². The van der Waals surface area contributed by atoms with Crippen molar-refractivity contribution < 1.29 is 9.59 Å². The van der Waals surface area contributed by atoms with Crippen molar-refractivity contribution >= 4 is 28.2 Å². The zero-order valence-electron chi connectivity index (χ0n) is 11.4. The van der Waals surface area contributed by atoms with Gasteiger partial charge >= 0.3 is 0 Å². The van der Waals surface area contributed by atoms with Crippen LogP contribution in [0.1, 0.15) is 40.0 Å². The molecule has 3 rings (SSSR count). The van der Waals surface area contributed by atoms with Crippen LogP contribution in [0.15, 0.2) is 11.6 Å². The van der Waals surface area contributed by atoms with Crippen molar-refractivity contribution in [2.24, 2.45) is 16.2 Å². The van der Waals surface area contributed by atoms with Gasteiger partial charge in [0.25, 0.3) is 0 Å². The molecule has 0 saturated heterocycles. The maximum absolute atomic E-state index is 12.7. The van der Waals surface area contributed by atoms with E-state index in [1.54, 1.807) is 6.20 Å². The summed E-state index contributed by atoms with van der Waals surface area (Å²) in [5.41, 5.74) is -1.21. The highest BCUT2D eigenvalue weighted by molar-refractivity contribution is 7.13. The first kappa shape index (κ1) is 12.8. The van der Waals surface area contributed by atoms with Gasteiger partial charge in [0.05, 0.1) is 5.41 Å². The molecule has 2 atom stereocenters. The van der Waals surface area contributed by atoms with Crippen molar-refractivity contribution in [1.29, 1.82) is 0 Å². The molecule has 1 aromatic rings. The predicted molar refractivity (Wildman–Crippen MR) is 73.9 cm³/mol. The fourth-order valence-electron chi connectivity index (χ4n) is 3.86. The van der Waals surface area contributed by atoms with Crippen LogP contribution < -0.4 is 5.32 Å². The van der Waals surface area contributed by atoms with Gasteiger partial charge in [-0.15, -0.1) is 11.3 Å². The second-order valence-corrected chi connectivity index (χ2v) is 7.33. The van der Waals surface area contributed by atoms with Crippen LogP contribution >= 0.6 is 11.3 Å². The molecular weight excluding hydrogens is 260 g/mol. The number of hydrogen-bond acceptors (Lipinski definition) is 4. The molecule has 2 saturated carbocycles. The number of nitrogens with zero attached hydrogens (tertiary/aromatic N) is 1. The van der Waals surface area contributed by atoms with Gasteiger partial charge in [0.1, 0.15) is 5.78 Å². The third-order valence-electron chi connectivity index (χ3n) is 5.79. The molecule has 102 valence electrons. The van der Waals surface area contributed by atoms with Crippen LogP contribution in [0, 0.1) is 16.2 Å². The first-order valence-electron chi connectivity index (χ1n) is 6.58. The number of hydrogen-bond donors (Lipinski definition) is 1. The Balaban J connectivity index is 1.96. The minimum Gasteiger partial charge on any atom is -0.301 e. The van der Waals surface area contributed by atoms with E-state index in [1.807, 2.05) is 12.3 Å². The number of carbonyl (C=O) groups excluding carboxylic acids is 2. The Morgan fingerprint density at radius 2 is 2.11 bits per heavy atom. The van der Waals surface area contributed by atoms with Crippen molar-refractivity contribution in [1.82, 2.24) is 4.98 Å². The average molecular weight is 278 g/mol. The number of rotatable bonds is 2. The molecule has 1 heterocycles. The van der Waals surface area contributed by atoms with E-state index in [4.69, 9.17) is 0 Å². The summed E-state index contributed by atoms with van der Waals surface area (Å²) >= 11 is 1.40. The second kappa shape index (κ2) is 3.66. The minimum absolute atomic E-state index is 0.0398. The van der Waals surface area contributed by atoms with E-state index in [9.17, 15) is 9.59 Å². The molecular formula is C14H18N2O2S. The lowest BCUT2D eigenvalue weighted by Gasteiger charge is -2.38. The van der Waals surface area contributed by atoms with Crippen LogP contribution in [-0.4, -0.2) is 16.7 Å². The maximum atomic E-state index is 12.7. The summed E-state index contributed by atoms with van der Waals surface area (Å²) in [6, 6.07) is 0. The summed E-state index contributed by atoms with van der Waals surface area (Å²) in [4.78, 5) is 29.1. The number of ketones is 1. The first-order valence-corrected chi connectivity index (χ1v) is 7.46. The Kier molecular flexibility index (Phi) is 2.46. The van der Waals surface area contributed by atoms with E-state index in [1.165, 1.54) is 11.3 Å². The molecule has 2 fully saturated rings. The standard InChI is InChI=1S/C14H18N2O2S/c1-12(2)13(3)4-5-14(12,8-9(13)17)10(18)16-11-15-6-7-19-11/h6-7H,4-5,8H2,1-3H3,(H,15,16,18)/t13-,14-/m1/s1. The predicted octanol–water partition coefficient (Wildman–Crippen LogP) is 2.87. The Labute approximate surface area is 116 Å². The molecule has 2 bridgehead atoms. The molecule has 5 heteroatoms. The van der Waals surface area contributed by atoms with E-state index >= 15 is 0 Å². The Morgan fingerprint density at radius 3 is 2.58 bits per heavy atom. The second-order valence-electron chi connectivity index (χ2n) is 6.43. The van der Waals surface area contributed by atoms with Gasteiger partial charge < -0.3 is 5.32 Å². The summed E-state index contributed by atoms with van der Waals surface area (Å²) in [5.74, 6) is 0.195. The van der Waals surface area contributed by atoms with E-state index in [0.717, 1.165) is 12.8 Å². The number of aromatic nitrogens is 1. The Bertz CT molecular complexity index is 552. The van der Waals surface area contributed by atoms with Gasteiger partial charge in [-0.2, -0.15) is 0 Å². The maximum Gasteiger partial charge on any atom is 0.233 e. The van der Waals surface area contributed by atoms with E-state index in [-0.39, 0.29) is 22.5 Å². The first-order chi connectivity index (χ1) is 8.83. The molecule has 4 nitrogen and oxygen atoms in total. The normalized spacial score (nSPS) is 35.6. The van der Waals surface area contributed by atoms with Gasteiger partial charge in [0.15, 0.2) is 5.13 Å². The molecule has 1 N–H and O–H groups in total. The van der Waals surface area contributed by atoms with Crippen molar-refractivity contribution in [2.45, 2.75) is 40.0 Å². The molecule has 19 heavy (non-hydrogen) atoms. The third-order valence-corrected chi connectivity index (χ3v) is 6.48. The van der Waals surface area contributed by atoms with Crippen LogP contribution in [0.2, 0.25) is 0 Å². The number of thiazole rings is 1. The van der Waals surface area contributed by atoms with Crippen molar-refractivity contribution in [2.75, 3.05) is 5.32 Å². The van der Waals surface area contributed by atoms with E-state index in [2.05, 4.69) is 24.1 Å². The third kappa shape index (κ3) is 1.37. The molecule has 1 aromatic heterocycles. The van der Waals surface area contributed by atoms with Crippen LogP contribution in [0.3, 0.4) is 0 Å². The lowest BCUT2D eigenvalue weighted by molar-refractivity contribution is -0.131. The number of carbonyl (C=O) groups is 2. The van der Waals surface area contributed by atoms with Crippen LogP contribution in [0.5, 0.6) is 0 Å². The monoisotopic (exact) mass is 278 g/mol. The number of amides is 1. The molecule has 0 aliphatic heterocycles. The Hall–Kier alpha value is -1.23. The molecule has 2 aliphatic rings. The van der Waals surface area contributed by atoms with Crippen molar-refractivity contribution in [3.05, 3.63) is 11.6 Å². The summed E-state index contributed by atoms with van der Waals surface area (Å²) in [7, 11) is 0. The number of nitrogens with one attached hydrogen (secondary N) is 1. The highest BCUT2D eigenvalue weighted by atomic mass is 32.1. The molecule has 0 aromatic carbocycles. The van der Waals surface area contributed by atoms with Gasteiger partial charge in [-0.1, -0.05) is 20.8 Å². The number of fused-ring (bicyclic) bond motifs is 2. The summed E-state index contributed by atoms with van der Waals surface area (Å²) < 4.78 is 0. The van der Waals surface area contributed by atoms with E-state index < -0.39 is 5.41 Å². The largest absolute Gasteiger partial charge is 0.301 e. The SMILES string of the molecule is CC1(C)[C@]2(C(=O)Nc3nccs3)CC[C@]1(C)C(=O)C2. The van der Waals surface area contributed by atoms with Crippen LogP contribution in [0.4, 0.5) is 5.13 Å². The molecule has 0 unspecified atom stereocenters. The zero-order chi connectivity index (χ0) is 13.9. The van der Waals surface area contributed by atoms with Gasteiger partial charge in [-0.3, -0.25) is 9.59 Å². The number of anilines is 1. The smallest absolute Gasteiger partial charge is 0.233 e. The molecule has 1 amide bonds. The lowest BCUT2D eigenvalue weighted by atomic mass is 9.64. The highest BCUT2D eigenvalue weighted by Gasteiger charge is 2.72. The zero-order valence-corrected chi connectivity index (χ0v) is 12.3. The van der Waals surface area contributed by atoms with Gasteiger partial charge in [-0.25, -0.2) is 4.98 Å². The summed E-state index contributed by atoms with van der Waals surface area (Å²) in [5, 5.41) is 5.34. The summed E-state index contributed by atoms with van der Waals surface area (Å²) in [6.07, 6.45) is 3.64. The van der Waals surface area contributed by atoms with Crippen molar-refractivity contribution in [3.63, 3.8) is 0 Å². The Morgan fingerprint density at radius 1 is 1.37 bits per heavy atom. The van der Waals surface area contributed by atoms with Gasteiger partial charge in [0.2, 0.25) is 5.91 Å².